The van der Waals surface area contributed by atoms with Crippen LogP contribution in [0.25, 0.3) is 0 Å². The van der Waals surface area contributed by atoms with Gasteiger partial charge in [0.25, 0.3) is 5.91 Å². The van der Waals surface area contributed by atoms with Crippen molar-refractivity contribution in [3.8, 4) is 11.8 Å². The highest BCUT2D eigenvalue weighted by atomic mass is 79.9. The third-order valence-electron chi connectivity index (χ3n) is 3.55. The average molecular weight is 357 g/mol. The van der Waals surface area contributed by atoms with Gasteiger partial charge < -0.3 is 9.64 Å². The van der Waals surface area contributed by atoms with Gasteiger partial charge in [0.15, 0.2) is 6.10 Å². The van der Waals surface area contributed by atoms with Crippen molar-refractivity contribution >= 4 is 27.5 Å². The SMILES string of the molecule is C[C@H]1Oc2ccc(Br)cc2N(Cc2ccc(C#N)cc2)C1=O. The number of nitriles is 1. The smallest absolute Gasteiger partial charge is 0.268 e. The van der Waals surface area contributed by atoms with E-state index >= 15 is 0 Å². The van der Waals surface area contributed by atoms with Gasteiger partial charge in [-0.25, -0.2) is 0 Å². The van der Waals surface area contributed by atoms with Crippen molar-refractivity contribution in [3.05, 3.63) is 58.1 Å². The minimum Gasteiger partial charge on any atom is -0.479 e. The summed E-state index contributed by atoms with van der Waals surface area (Å²) in [4.78, 5) is 14.2. The number of carbonyl (C=O) groups is 1. The van der Waals surface area contributed by atoms with Gasteiger partial charge in [0.2, 0.25) is 0 Å². The maximum absolute atomic E-state index is 12.5. The summed E-state index contributed by atoms with van der Waals surface area (Å²) in [6.45, 7) is 2.20. The van der Waals surface area contributed by atoms with Crippen molar-refractivity contribution in [1.82, 2.24) is 0 Å². The third-order valence-corrected chi connectivity index (χ3v) is 4.05. The third kappa shape index (κ3) is 2.70. The molecular formula is C17H13BrN2O2. The van der Waals surface area contributed by atoms with Gasteiger partial charge in [-0.1, -0.05) is 28.1 Å². The number of anilines is 1. The van der Waals surface area contributed by atoms with Crippen molar-refractivity contribution in [2.24, 2.45) is 0 Å². The van der Waals surface area contributed by atoms with Crippen LogP contribution in [0.2, 0.25) is 0 Å². The van der Waals surface area contributed by atoms with E-state index in [0.717, 1.165) is 15.7 Å². The molecule has 3 rings (SSSR count). The molecule has 0 radical (unpaired) electrons. The molecule has 4 nitrogen and oxygen atoms in total. The number of hydrogen-bond acceptors (Lipinski definition) is 3. The van der Waals surface area contributed by atoms with Crippen LogP contribution in [0, 0.1) is 11.3 Å². The highest BCUT2D eigenvalue weighted by molar-refractivity contribution is 9.10. The van der Waals surface area contributed by atoms with Gasteiger partial charge in [0.1, 0.15) is 5.75 Å². The van der Waals surface area contributed by atoms with Crippen molar-refractivity contribution in [2.45, 2.75) is 19.6 Å². The second kappa shape index (κ2) is 5.82. The van der Waals surface area contributed by atoms with E-state index in [0.29, 0.717) is 17.9 Å². The van der Waals surface area contributed by atoms with Gasteiger partial charge >= 0.3 is 0 Å². The molecule has 1 heterocycles. The minimum absolute atomic E-state index is 0.0741. The number of benzene rings is 2. The lowest BCUT2D eigenvalue weighted by molar-refractivity contribution is -0.125. The molecule has 5 heteroatoms. The van der Waals surface area contributed by atoms with Crippen LogP contribution in [0.15, 0.2) is 46.9 Å². The molecule has 0 fully saturated rings. The van der Waals surface area contributed by atoms with Crippen LogP contribution < -0.4 is 9.64 Å². The largest absolute Gasteiger partial charge is 0.479 e. The van der Waals surface area contributed by atoms with Gasteiger partial charge in [-0.3, -0.25) is 4.79 Å². The normalized spacial score (nSPS) is 16.7. The van der Waals surface area contributed by atoms with E-state index < -0.39 is 6.10 Å². The van der Waals surface area contributed by atoms with Crippen molar-refractivity contribution in [2.75, 3.05) is 4.90 Å². The van der Waals surface area contributed by atoms with Crippen molar-refractivity contribution in [1.29, 1.82) is 5.26 Å². The molecule has 0 saturated heterocycles. The van der Waals surface area contributed by atoms with Gasteiger partial charge in [-0.15, -0.1) is 0 Å². The number of fused-ring (bicyclic) bond motifs is 1. The summed E-state index contributed by atoms with van der Waals surface area (Å²) in [5, 5.41) is 8.85. The molecule has 0 unspecified atom stereocenters. The Morgan fingerprint density at radius 3 is 2.68 bits per heavy atom. The van der Waals surface area contributed by atoms with Crippen LogP contribution in [-0.4, -0.2) is 12.0 Å². The Hall–Kier alpha value is -2.32. The highest BCUT2D eigenvalue weighted by Gasteiger charge is 2.31. The molecule has 0 bridgehead atoms. The molecule has 0 aliphatic carbocycles. The summed E-state index contributed by atoms with van der Waals surface area (Å²) in [5.41, 5.74) is 2.32. The van der Waals surface area contributed by atoms with E-state index in [-0.39, 0.29) is 5.91 Å². The number of carbonyl (C=O) groups excluding carboxylic acids is 1. The molecule has 0 aromatic heterocycles. The zero-order valence-corrected chi connectivity index (χ0v) is 13.5. The standard InChI is InChI=1S/C17H13BrN2O2/c1-11-17(21)20(10-13-4-2-12(9-19)3-5-13)15-8-14(18)6-7-16(15)22-11/h2-8,11H,10H2,1H3/t11-/m1/s1. The van der Waals surface area contributed by atoms with E-state index in [2.05, 4.69) is 22.0 Å². The minimum atomic E-state index is -0.507. The first kappa shape index (κ1) is 14.6. The number of amides is 1. The van der Waals surface area contributed by atoms with Crippen LogP contribution in [0.4, 0.5) is 5.69 Å². The van der Waals surface area contributed by atoms with Gasteiger partial charge in [0.05, 0.1) is 23.9 Å². The molecule has 2 aromatic carbocycles. The number of hydrogen-bond donors (Lipinski definition) is 0. The quantitative estimate of drug-likeness (QED) is 0.825. The molecule has 1 atom stereocenters. The number of rotatable bonds is 2. The Morgan fingerprint density at radius 1 is 1.27 bits per heavy atom. The molecule has 0 N–H and O–H groups in total. The molecule has 2 aromatic rings. The van der Waals surface area contributed by atoms with Crippen LogP contribution >= 0.6 is 15.9 Å². The predicted molar refractivity (Wildman–Crippen MR) is 86.6 cm³/mol. The first-order valence-electron chi connectivity index (χ1n) is 6.85. The Labute approximate surface area is 137 Å². The summed E-state index contributed by atoms with van der Waals surface area (Å²) in [7, 11) is 0. The molecule has 0 saturated carbocycles. The summed E-state index contributed by atoms with van der Waals surface area (Å²) in [6, 6.07) is 15.0. The predicted octanol–water partition coefficient (Wildman–Crippen LogP) is 3.63. The maximum Gasteiger partial charge on any atom is 0.268 e. The van der Waals surface area contributed by atoms with Gasteiger partial charge in [-0.05, 0) is 42.8 Å². The Bertz CT molecular complexity index is 765. The summed E-state index contributed by atoms with van der Waals surface area (Å²) in [5.74, 6) is 0.624. The fourth-order valence-electron chi connectivity index (χ4n) is 2.41. The topological polar surface area (TPSA) is 53.3 Å². The van der Waals surface area contributed by atoms with Crippen molar-refractivity contribution < 1.29 is 9.53 Å². The first-order valence-corrected chi connectivity index (χ1v) is 7.64. The van der Waals surface area contributed by atoms with E-state index in [4.69, 9.17) is 10.00 Å². The van der Waals surface area contributed by atoms with E-state index in [9.17, 15) is 4.79 Å². The summed E-state index contributed by atoms with van der Waals surface area (Å²) in [6.07, 6.45) is -0.507. The molecular weight excluding hydrogens is 344 g/mol. The lowest BCUT2D eigenvalue weighted by atomic mass is 10.1. The average Bonchev–Trinajstić information content (AvgIpc) is 2.53. The second-order valence-corrected chi connectivity index (χ2v) is 6.02. The van der Waals surface area contributed by atoms with Crippen LogP contribution in [0.1, 0.15) is 18.1 Å². The molecule has 22 heavy (non-hydrogen) atoms. The number of nitrogens with zero attached hydrogens (tertiary/aromatic N) is 2. The lowest BCUT2D eigenvalue weighted by Gasteiger charge is -2.33. The number of halogens is 1. The fraction of sp³-hybridized carbons (Fsp3) is 0.176. The van der Waals surface area contributed by atoms with Crippen LogP contribution in [-0.2, 0) is 11.3 Å². The van der Waals surface area contributed by atoms with Gasteiger partial charge in [0, 0.05) is 4.47 Å². The Kier molecular flexibility index (Phi) is 3.86. The second-order valence-electron chi connectivity index (χ2n) is 5.11. The van der Waals surface area contributed by atoms with Crippen molar-refractivity contribution in [3.63, 3.8) is 0 Å². The maximum atomic E-state index is 12.5. The zero-order chi connectivity index (χ0) is 15.7. The van der Waals surface area contributed by atoms with E-state index in [1.807, 2.05) is 30.3 Å². The highest BCUT2D eigenvalue weighted by Crippen LogP contribution is 2.37. The van der Waals surface area contributed by atoms with E-state index in [1.165, 1.54) is 0 Å². The number of ether oxygens (including phenoxy) is 1. The molecule has 110 valence electrons. The molecule has 0 spiro atoms. The Morgan fingerprint density at radius 2 is 2.00 bits per heavy atom. The fourth-order valence-corrected chi connectivity index (χ4v) is 2.76. The summed E-state index contributed by atoms with van der Waals surface area (Å²) < 4.78 is 6.54. The van der Waals surface area contributed by atoms with Crippen LogP contribution in [0.3, 0.4) is 0 Å². The molecule has 1 aliphatic heterocycles. The zero-order valence-electron chi connectivity index (χ0n) is 11.9. The lowest BCUT2D eigenvalue weighted by Crippen LogP contribution is -2.44. The van der Waals surface area contributed by atoms with E-state index in [1.54, 1.807) is 24.0 Å². The summed E-state index contributed by atoms with van der Waals surface area (Å²) >= 11 is 3.43. The molecule has 1 aliphatic rings. The monoisotopic (exact) mass is 356 g/mol. The first-order chi connectivity index (χ1) is 10.6. The van der Waals surface area contributed by atoms with Gasteiger partial charge in [-0.2, -0.15) is 5.26 Å². The van der Waals surface area contributed by atoms with Crippen LogP contribution in [0.5, 0.6) is 5.75 Å². The molecule has 1 amide bonds. The Balaban J connectivity index is 1.96.